The van der Waals surface area contributed by atoms with Crippen LogP contribution < -0.4 is 10.6 Å². The SMILES string of the molecule is CN=C(NCCCCC(C)C)NCc1ncc(-c2ccccc2)[nH]1. The summed E-state index contributed by atoms with van der Waals surface area (Å²) in [6.07, 6.45) is 5.56. The minimum Gasteiger partial charge on any atom is -0.356 e. The van der Waals surface area contributed by atoms with Crippen LogP contribution in [0.2, 0.25) is 0 Å². The molecule has 1 aromatic carbocycles. The Morgan fingerprint density at radius 2 is 1.96 bits per heavy atom. The molecule has 2 rings (SSSR count). The number of aromatic amines is 1. The first-order valence-corrected chi connectivity index (χ1v) is 8.73. The molecule has 5 heteroatoms. The number of hydrogen-bond donors (Lipinski definition) is 3. The van der Waals surface area contributed by atoms with Crippen molar-refractivity contribution in [2.75, 3.05) is 13.6 Å². The van der Waals surface area contributed by atoms with Gasteiger partial charge in [-0.3, -0.25) is 4.99 Å². The highest BCUT2D eigenvalue weighted by Gasteiger charge is 2.04. The number of aliphatic imine (C=N–C) groups is 1. The van der Waals surface area contributed by atoms with Crippen molar-refractivity contribution in [2.45, 2.75) is 39.7 Å². The van der Waals surface area contributed by atoms with Gasteiger partial charge in [0.25, 0.3) is 0 Å². The van der Waals surface area contributed by atoms with E-state index in [-0.39, 0.29) is 0 Å². The van der Waals surface area contributed by atoms with Gasteiger partial charge in [0.05, 0.1) is 18.4 Å². The van der Waals surface area contributed by atoms with E-state index in [0.717, 1.165) is 41.9 Å². The first-order valence-electron chi connectivity index (χ1n) is 8.73. The Morgan fingerprint density at radius 1 is 1.17 bits per heavy atom. The molecular weight excluding hydrogens is 298 g/mol. The molecule has 0 amide bonds. The summed E-state index contributed by atoms with van der Waals surface area (Å²) in [5.74, 6) is 2.49. The molecule has 0 unspecified atom stereocenters. The number of nitrogens with zero attached hydrogens (tertiary/aromatic N) is 2. The molecule has 0 radical (unpaired) electrons. The first-order chi connectivity index (χ1) is 11.7. The molecule has 0 saturated heterocycles. The van der Waals surface area contributed by atoms with Gasteiger partial charge in [0.15, 0.2) is 5.96 Å². The highest BCUT2D eigenvalue weighted by molar-refractivity contribution is 5.79. The highest BCUT2D eigenvalue weighted by atomic mass is 15.2. The van der Waals surface area contributed by atoms with Gasteiger partial charge in [0, 0.05) is 13.6 Å². The zero-order valence-electron chi connectivity index (χ0n) is 15.0. The van der Waals surface area contributed by atoms with Gasteiger partial charge in [-0.1, -0.05) is 57.0 Å². The van der Waals surface area contributed by atoms with Crippen molar-refractivity contribution in [3.05, 3.63) is 42.4 Å². The zero-order valence-corrected chi connectivity index (χ0v) is 15.0. The monoisotopic (exact) mass is 327 g/mol. The van der Waals surface area contributed by atoms with Crippen LogP contribution in [0.15, 0.2) is 41.5 Å². The molecule has 24 heavy (non-hydrogen) atoms. The molecule has 1 heterocycles. The molecule has 3 N–H and O–H groups in total. The Labute approximate surface area is 145 Å². The van der Waals surface area contributed by atoms with E-state index in [2.05, 4.69) is 51.6 Å². The number of imidazole rings is 1. The number of rotatable bonds is 8. The van der Waals surface area contributed by atoms with E-state index in [1.165, 1.54) is 12.8 Å². The van der Waals surface area contributed by atoms with Crippen LogP contribution in [0.4, 0.5) is 0 Å². The summed E-state index contributed by atoms with van der Waals surface area (Å²) < 4.78 is 0. The molecule has 0 aliphatic heterocycles. The Hall–Kier alpha value is -2.30. The van der Waals surface area contributed by atoms with E-state index in [1.54, 1.807) is 7.05 Å². The fraction of sp³-hybridized carbons (Fsp3) is 0.474. The van der Waals surface area contributed by atoms with Gasteiger partial charge in [0.1, 0.15) is 5.82 Å². The predicted octanol–water partition coefficient (Wildman–Crippen LogP) is 3.57. The molecule has 0 spiro atoms. The summed E-state index contributed by atoms with van der Waals surface area (Å²) in [6.45, 7) is 6.10. The second-order valence-corrected chi connectivity index (χ2v) is 6.35. The number of H-pyrrole nitrogens is 1. The van der Waals surface area contributed by atoms with Crippen LogP contribution in [-0.2, 0) is 6.54 Å². The number of guanidine groups is 1. The summed E-state index contributed by atoms with van der Waals surface area (Å²) in [5.41, 5.74) is 2.17. The third-order valence-corrected chi connectivity index (χ3v) is 3.86. The largest absolute Gasteiger partial charge is 0.356 e. The fourth-order valence-electron chi connectivity index (χ4n) is 2.49. The second-order valence-electron chi connectivity index (χ2n) is 6.35. The molecule has 5 nitrogen and oxygen atoms in total. The van der Waals surface area contributed by atoms with Crippen LogP contribution in [-0.4, -0.2) is 29.5 Å². The van der Waals surface area contributed by atoms with Gasteiger partial charge in [-0.15, -0.1) is 0 Å². The van der Waals surface area contributed by atoms with Gasteiger partial charge >= 0.3 is 0 Å². The lowest BCUT2D eigenvalue weighted by molar-refractivity contribution is 0.534. The minimum absolute atomic E-state index is 0.624. The van der Waals surface area contributed by atoms with Crippen molar-refractivity contribution in [3.63, 3.8) is 0 Å². The van der Waals surface area contributed by atoms with Gasteiger partial charge in [-0.2, -0.15) is 0 Å². The third kappa shape index (κ3) is 6.07. The van der Waals surface area contributed by atoms with Gasteiger partial charge in [0.2, 0.25) is 0 Å². The molecule has 2 aromatic rings. The Balaban J connectivity index is 1.74. The van der Waals surface area contributed by atoms with E-state index in [0.29, 0.717) is 6.54 Å². The van der Waals surface area contributed by atoms with E-state index in [4.69, 9.17) is 0 Å². The maximum absolute atomic E-state index is 4.43. The Kier molecular flexibility index (Phi) is 7.33. The molecule has 0 atom stereocenters. The number of benzene rings is 1. The van der Waals surface area contributed by atoms with Crippen molar-refractivity contribution in [2.24, 2.45) is 10.9 Å². The van der Waals surface area contributed by atoms with E-state index in [1.807, 2.05) is 24.4 Å². The lowest BCUT2D eigenvalue weighted by Crippen LogP contribution is -2.37. The van der Waals surface area contributed by atoms with Crippen molar-refractivity contribution in [1.29, 1.82) is 0 Å². The maximum atomic E-state index is 4.43. The quantitative estimate of drug-likeness (QED) is 0.394. The van der Waals surface area contributed by atoms with Crippen molar-refractivity contribution in [3.8, 4) is 11.3 Å². The average Bonchev–Trinajstić information content (AvgIpc) is 3.07. The van der Waals surface area contributed by atoms with Crippen LogP contribution in [0, 0.1) is 5.92 Å². The van der Waals surface area contributed by atoms with E-state index < -0.39 is 0 Å². The molecule has 0 fully saturated rings. The Morgan fingerprint density at radius 3 is 2.67 bits per heavy atom. The number of hydrogen-bond acceptors (Lipinski definition) is 2. The molecule has 0 bridgehead atoms. The Bertz CT molecular complexity index is 616. The number of nitrogens with one attached hydrogen (secondary N) is 3. The maximum Gasteiger partial charge on any atom is 0.191 e. The van der Waals surface area contributed by atoms with Crippen LogP contribution in [0.3, 0.4) is 0 Å². The topological polar surface area (TPSA) is 65.1 Å². The van der Waals surface area contributed by atoms with Crippen LogP contribution in [0.25, 0.3) is 11.3 Å². The van der Waals surface area contributed by atoms with E-state index >= 15 is 0 Å². The fourth-order valence-corrected chi connectivity index (χ4v) is 2.49. The lowest BCUT2D eigenvalue weighted by atomic mass is 10.1. The van der Waals surface area contributed by atoms with Gasteiger partial charge in [-0.25, -0.2) is 4.98 Å². The molecule has 0 aliphatic rings. The predicted molar refractivity (Wildman–Crippen MR) is 101 cm³/mol. The van der Waals surface area contributed by atoms with E-state index in [9.17, 15) is 0 Å². The average molecular weight is 327 g/mol. The minimum atomic E-state index is 0.624. The smallest absolute Gasteiger partial charge is 0.191 e. The zero-order chi connectivity index (χ0) is 17.2. The summed E-state index contributed by atoms with van der Waals surface area (Å²) in [6, 6.07) is 10.2. The summed E-state index contributed by atoms with van der Waals surface area (Å²) in [7, 11) is 1.79. The van der Waals surface area contributed by atoms with Crippen molar-refractivity contribution in [1.82, 2.24) is 20.6 Å². The normalized spacial score (nSPS) is 11.8. The highest BCUT2D eigenvalue weighted by Crippen LogP contribution is 2.15. The third-order valence-electron chi connectivity index (χ3n) is 3.86. The molecular formula is C19H29N5. The van der Waals surface area contributed by atoms with Crippen molar-refractivity contribution >= 4 is 5.96 Å². The first kappa shape index (κ1) is 18.0. The van der Waals surface area contributed by atoms with Crippen LogP contribution in [0.5, 0.6) is 0 Å². The second kappa shape index (κ2) is 9.75. The van der Waals surface area contributed by atoms with Gasteiger partial charge in [-0.05, 0) is 17.9 Å². The van der Waals surface area contributed by atoms with Gasteiger partial charge < -0.3 is 15.6 Å². The van der Waals surface area contributed by atoms with Crippen molar-refractivity contribution < 1.29 is 0 Å². The summed E-state index contributed by atoms with van der Waals surface area (Å²) in [4.78, 5) is 12.0. The molecule has 0 aliphatic carbocycles. The summed E-state index contributed by atoms with van der Waals surface area (Å²) >= 11 is 0. The lowest BCUT2D eigenvalue weighted by Gasteiger charge is -2.11. The standard InChI is InChI=1S/C19H29N5/c1-15(2)9-7-8-12-21-19(20-3)23-14-18-22-13-17(24-18)16-10-5-4-6-11-16/h4-6,10-11,13,15H,7-9,12,14H2,1-3H3,(H,22,24)(H2,20,21,23). The summed E-state index contributed by atoms with van der Waals surface area (Å²) in [5, 5.41) is 6.64. The number of aromatic nitrogens is 2. The van der Waals surface area contributed by atoms with Crippen LogP contribution >= 0.6 is 0 Å². The molecule has 1 aromatic heterocycles. The molecule has 130 valence electrons. The number of unbranched alkanes of at least 4 members (excludes halogenated alkanes) is 1. The van der Waals surface area contributed by atoms with Crippen LogP contribution in [0.1, 0.15) is 38.9 Å². The molecule has 0 saturated carbocycles.